The van der Waals surface area contributed by atoms with Crippen molar-refractivity contribution >= 4 is 45.9 Å². The van der Waals surface area contributed by atoms with Crippen molar-refractivity contribution in [1.29, 1.82) is 0 Å². The Balaban J connectivity index is 1.73. The standard InChI is InChI=1S/C15H10Cl2N4S/c16-10-4-5-12(13(17)7-10)14-9-22-15(20-14)21-19-8-11-3-1-2-6-18-11/h1-9H,(H,20,21)/b19-8-. The largest absolute Gasteiger partial charge is 0.255 e. The number of hydrogen-bond donors (Lipinski definition) is 1. The number of anilines is 1. The minimum absolute atomic E-state index is 0.571. The molecule has 1 aromatic carbocycles. The molecule has 0 unspecified atom stereocenters. The van der Waals surface area contributed by atoms with Gasteiger partial charge in [-0.2, -0.15) is 5.10 Å². The molecule has 0 aliphatic heterocycles. The van der Waals surface area contributed by atoms with Gasteiger partial charge < -0.3 is 0 Å². The van der Waals surface area contributed by atoms with Crippen LogP contribution in [-0.2, 0) is 0 Å². The molecule has 4 nitrogen and oxygen atoms in total. The van der Waals surface area contributed by atoms with Crippen LogP contribution in [0, 0.1) is 0 Å². The SMILES string of the molecule is Clc1ccc(-c2csc(N/N=C\c3ccccn3)n2)c(Cl)c1. The lowest BCUT2D eigenvalue weighted by Crippen LogP contribution is -1.91. The van der Waals surface area contributed by atoms with Crippen molar-refractivity contribution in [2.75, 3.05) is 5.43 Å². The van der Waals surface area contributed by atoms with Gasteiger partial charge in [0.05, 0.1) is 22.6 Å². The molecule has 2 aromatic heterocycles. The minimum atomic E-state index is 0.571. The average Bonchev–Trinajstić information content (AvgIpc) is 2.97. The maximum absolute atomic E-state index is 6.18. The Morgan fingerprint density at radius 3 is 2.86 bits per heavy atom. The lowest BCUT2D eigenvalue weighted by Gasteiger charge is -2.00. The van der Waals surface area contributed by atoms with Gasteiger partial charge in [0, 0.05) is 22.2 Å². The third-order valence-electron chi connectivity index (χ3n) is 2.76. The van der Waals surface area contributed by atoms with Crippen LogP contribution in [0.25, 0.3) is 11.3 Å². The van der Waals surface area contributed by atoms with E-state index in [-0.39, 0.29) is 0 Å². The second-order valence-electron chi connectivity index (χ2n) is 4.29. The fraction of sp³-hybridized carbons (Fsp3) is 0. The molecule has 0 saturated carbocycles. The van der Waals surface area contributed by atoms with Gasteiger partial charge in [-0.25, -0.2) is 4.98 Å². The fourth-order valence-corrected chi connectivity index (χ4v) is 2.92. The van der Waals surface area contributed by atoms with Crippen molar-refractivity contribution in [3.05, 3.63) is 63.7 Å². The zero-order valence-electron chi connectivity index (χ0n) is 11.2. The Kier molecular flexibility index (Phi) is 4.68. The first-order chi connectivity index (χ1) is 10.7. The van der Waals surface area contributed by atoms with Gasteiger partial charge in [-0.3, -0.25) is 10.4 Å². The Morgan fingerprint density at radius 2 is 2.09 bits per heavy atom. The van der Waals surface area contributed by atoms with Crippen molar-refractivity contribution in [2.24, 2.45) is 5.10 Å². The van der Waals surface area contributed by atoms with E-state index in [1.165, 1.54) is 11.3 Å². The second kappa shape index (κ2) is 6.87. The number of nitrogens with zero attached hydrogens (tertiary/aromatic N) is 3. The molecule has 22 heavy (non-hydrogen) atoms. The van der Waals surface area contributed by atoms with E-state index < -0.39 is 0 Å². The minimum Gasteiger partial charge on any atom is -0.255 e. The van der Waals surface area contributed by atoms with Crippen LogP contribution in [-0.4, -0.2) is 16.2 Å². The molecule has 0 amide bonds. The summed E-state index contributed by atoms with van der Waals surface area (Å²) in [5.41, 5.74) is 5.27. The van der Waals surface area contributed by atoms with Crippen molar-refractivity contribution in [3.8, 4) is 11.3 Å². The Labute approximate surface area is 141 Å². The predicted molar refractivity (Wildman–Crippen MR) is 93.0 cm³/mol. The predicted octanol–water partition coefficient (Wildman–Crippen LogP) is 4.96. The van der Waals surface area contributed by atoms with E-state index in [0.717, 1.165) is 17.0 Å². The van der Waals surface area contributed by atoms with Gasteiger partial charge in [0.15, 0.2) is 0 Å². The maximum Gasteiger partial charge on any atom is 0.203 e. The highest BCUT2D eigenvalue weighted by molar-refractivity contribution is 7.14. The van der Waals surface area contributed by atoms with Gasteiger partial charge in [0.25, 0.3) is 0 Å². The quantitative estimate of drug-likeness (QED) is 0.535. The lowest BCUT2D eigenvalue weighted by molar-refractivity contribution is 1.26. The second-order valence-corrected chi connectivity index (χ2v) is 5.99. The summed E-state index contributed by atoms with van der Waals surface area (Å²) in [6.07, 6.45) is 3.35. The number of pyridine rings is 1. The number of halogens is 2. The van der Waals surface area contributed by atoms with Crippen molar-refractivity contribution in [2.45, 2.75) is 0 Å². The molecule has 0 saturated heterocycles. The highest BCUT2D eigenvalue weighted by Gasteiger charge is 2.08. The van der Waals surface area contributed by atoms with Crippen LogP contribution in [0.1, 0.15) is 5.69 Å². The molecule has 0 atom stereocenters. The van der Waals surface area contributed by atoms with Crippen LogP contribution >= 0.6 is 34.5 Å². The molecule has 0 bridgehead atoms. The van der Waals surface area contributed by atoms with Gasteiger partial charge in [-0.1, -0.05) is 29.3 Å². The molecule has 0 spiro atoms. The summed E-state index contributed by atoms with van der Waals surface area (Å²) in [7, 11) is 0. The molecule has 3 aromatic rings. The third-order valence-corrected chi connectivity index (χ3v) is 4.05. The molecule has 3 rings (SSSR count). The summed E-state index contributed by atoms with van der Waals surface area (Å²) >= 11 is 13.5. The van der Waals surface area contributed by atoms with Gasteiger partial charge in [-0.15, -0.1) is 11.3 Å². The number of hydrogen-bond acceptors (Lipinski definition) is 5. The molecule has 0 aliphatic carbocycles. The first-order valence-corrected chi connectivity index (χ1v) is 7.97. The molecular weight excluding hydrogens is 339 g/mol. The molecule has 0 radical (unpaired) electrons. The maximum atomic E-state index is 6.18. The van der Waals surface area contributed by atoms with Crippen LogP contribution < -0.4 is 5.43 Å². The van der Waals surface area contributed by atoms with Crippen molar-refractivity contribution in [1.82, 2.24) is 9.97 Å². The van der Waals surface area contributed by atoms with Gasteiger partial charge in [-0.05, 0) is 30.3 Å². The summed E-state index contributed by atoms with van der Waals surface area (Å²) in [4.78, 5) is 8.59. The van der Waals surface area contributed by atoms with Crippen molar-refractivity contribution in [3.63, 3.8) is 0 Å². The number of thiazole rings is 1. The molecule has 7 heteroatoms. The van der Waals surface area contributed by atoms with E-state index in [2.05, 4.69) is 20.5 Å². The zero-order valence-corrected chi connectivity index (χ0v) is 13.5. The fourth-order valence-electron chi connectivity index (χ4n) is 1.75. The van der Waals surface area contributed by atoms with E-state index in [0.29, 0.717) is 15.2 Å². The molecule has 110 valence electrons. The van der Waals surface area contributed by atoms with E-state index in [4.69, 9.17) is 23.2 Å². The normalized spacial score (nSPS) is 11.0. The number of rotatable bonds is 4. The van der Waals surface area contributed by atoms with Gasteiger partial charge >= 0.3 is 0 Å². The Hall–Kier alpha value is -1.95. The first-order valence-electron chi connectivity index (χ1n) is 6.33. The number of hydrazone groups is 1. The van der Waals surface area contributed by atoms with Gasteiger partial charge in [0.1, 0.15) is 0 Å². The number of aromatic nitrogens is 2. The number of nitrogens with one attached hydrogen (secondary N) is 1. The first kappa shape index (κ1) is 15.0. The van der Waals surface area contributed by atoms with Crippen LogP contribution in [0.5, 0.6) is 0 Å². The van der Waals surface area contributed by atoms with Crippen LogP contribution in [0.15, 0.2) is 53.1 Å². The highest BCUT2D eigenvalue weighted by Crippen LogP contribution is 2.32. The summed E-state index contributed by atoms with van der Waals surface area (Å²) in [5, 5.41) is 7.87. The Bertz CT molecular complexity index is 802. The molecular formula is C15H10Cl2N4S. The smallest absolute Gasteiger partial charge is 0.203 e. The van der Waals surface area contributed by atoms with E-state index >= 15 is 0 Å². The van der Waals surface area contributed by atoms with Crippen molar-refractivity contribution < 1.29 is 0 Å². The molecule has 0 aliphatic rings. The third kappa shape index (κ3) is 3.62. The molecule has 0 fully saturated rings. The average molecular weight is 349 g/mol. The lowest BCUT2D eigenvalue weighted by atomic mass is 10.2. The van der Waals surface area contributed by atoms with E-state index in [9.17, 15) is 0 Å². The topological polar surface area (TPSA) is 50.2 Å². The van der Waals surface area contributed by atoms with Crippen LogP contribution in [0.3, 0.4) is 0 Å². The van der Waals surface area contributed by atoms with Crippen LogP contribution in [0.2, 0.25) is 10.0 Å². The summed E-state index contributed by atoms with van der Waals surface area (Å²) in [6.45, 7) is 0. The van der Waals surface area contributed by atoms with E-state index in [1.54, 1.807) is 24.5 Å². The number of benzene rings is 1. The highest BCUT2D eigenvalue weighted by atomic mass is 35.5. The summed E-state index contributed by atoms with van der Waals surface area (Å²) in [6, 6.07) is 11.0. The zero-order chi connectivity index (χ0) is 15.4. The summed E-state index contributed by atoms with van der Waals surface area (Å²) in [5.74, 6) is 0. The monoisotopic (exact) mass is 348 g/mol. The Morgan fingerprint density at radius 1 is 1.18 bits per heavy atom. The van der Waals surface area contributed by atoms with Crippen LogP contribution in [0.4, 0.5) is 5.13 Å². The summed E-state index contributed by atoms with van der Waals surface area (Å²) < 4.78 is 0. The molecule has 1 N–H and O–H groups in total. The van der Waals surface area contributed by atoms with Gasteiger partial charge in [0.2, 0.25) is 5.13 Å². The molecule has 2 heterocycles. The van der Waals surface area contributed by atoms with E-state index in [1.807, 2.05) is 29.6 Å².